The van der Waals surface area contributed by atoms with Gasteiger partial charge in [0.25, 0.3) is 0 Å². The number of hydrogen-bond acceptors (Lipinski definition) is 3. The molecule has 2 heterocycles. The minimum atomic E-state index is -0.418. The standard InChI is InChI=1S/C37H28N2O/c1-37-31-22-12-13-23-32(31)39(28-19-9-4-10-20-28)36(37)35-30(29-21-11-14-24-33(29)40-35)25-34(37)38(26-15-5-2-6-16-26)27-17-7-3-8-18-27/h2-25,36H,1H3. The average molecular weight is 517 g/mol. The lowest BCUT2D eigenvalue weighted by Crippen LogP contribution is -2.42. The third-order valence-corrected chi connectivity index (χ3v) is 8.56. The van der Waals surface area contributed by atoms with E-state index in [1.54, 1.807) is 0 Å². The molecule has 1 aliphatic carbocycles. The normalized spacial score (nSPS) is 19.1. The van der Waals surface area contributed by atoms with Gasteiger partial charge < -0.3 is 14.2 Å². The zero-order valence-electron chi connectivity index (χ0n) is 22.2. The van der Waals surface area contributed by atoms with Crippen LogP contribution in [0.4, 0.5) is 22.7 Å². The molecular formula is C37H28N2O. The summed E-state index contributed by atoms with van der Waals surface area (Å²) in [6.07, 6.45) is 2.38. The Morgan fingerprint density at radius 1 is 0.650 bits per heavy atom. The Labute approximate surface area is 234 Å². The van der Waals surface area contributed by atoms with Gasteiger partial charge in [-0.15, -0.1) is 0 Å². The maximum Gasteiger partial charge on any atom is 0.136 e. The van der Waals surface area contributed by atoms with Crippen LogP contribution in [0.1, 0.15) is 29.9 Å². The van der Waals surface area contributed by atoms with Crippen molar-refractivity contribution in [1.82, 2.24) is 0 Å². The van der Waals surface area contributed by atoms with Gasteiger partial charge in [-0.3, -0.25) is 0 Å². The van der Waals surface area contributed by atoms with Gasteiger partial charge in [0.05, 0.1) is 5.41 Å². The third-order valence-electron chi connectivity index (χ3n) is 8.56. The molecule has 192 valence electrons. The minimum absolute atomic E-state index is 0.0791. The zero-order valence-corrected chi connectivity index (χ0v) is 22.2. The molecule has 0 bridgehead atoms. The molecule has 0 saturated carbocycles. The summed E-state index contributed by atoms with van der Waals surface area (Å²) in [5.74, 6) is 1.01. The van der Waals surface area contributed by atoms with Crippen LogP contribution in [0, 0.1) is 0 Å². The molecule has 0 radical (unpaired) electrons. The second-order valence-corrected chi connectivity index (χ2v) is 10.7. The quantitative estimate of drug-likeness (QED) is 0.232. The molecule has 0 amide bonds. The van der Waals surface area contributed by atoms with Crippen molar-refractivity contribution in [2.24, 2.45) is 0 Å². The largest absolute Gasteiger partial charge is 0.458 e. The van der Waals surface area contributed by atoms with Crippen LogP contribution in [0.25, 0.3) is 17.0 Å². The molecule has 6 aromatic rings. The highest BCUT2D eigenvalue weighted by molar-refractivity contribution is 5.95. The smallest absolute Gasteiger partial charge is 0.136 e. The summed E-state index contributed by atoms with van der Waals surface area (Å²) in [6.45, 7) is 2.39. The van der Waals surface area contributed by atoms with Crippen molar-refractivity contribution in [3.63, 3.8) is 0 Å². The van der Waals surface area contributed by atoms with Gasteiger partial charge >= 0.3 is 0 Å². The van der Waals surface area contributed by atoms with E-state index >= 15 is 0 Å². The van der Waals surface area contributed by atoms with Gasteiger partial charge in [-0.1, -0.05) is 91.0 Å². The first-order chi connectivity index (χ1) is 19.7. The molecule has 5 aromatic carbocycles. The van der Waals surface area contributed by atoms with E-state index in [1.807, 2.05) is 0 Å². The lowest BCUT2D eigenvalue weighted by molar-refractivity contribution is 0.391. The summed E-state index contributed by atoms with van der Waals surface area (Å²) in [6, 6.07) is 49.3. The Bertz CT molecular complexity index is 1830. The molecule has 0 fully saturated rings. The maximum absolute atomic E-state index is 6.79. The maximum atomic E-state index is 6.79. The van der Waals surface area contributed by atoms with Crippen LogP contribution in [0.3, 0.4) is 0 Å². The van der Waals surface area contributed by atoms with E-state index in [2.05, 4.69) is 162 Å². The highest BCUT2D eigenvalue weighted by Crippen LogP contribution is 2.63. The predicted octanol–water partition coefficient (Wildman–Crippen LogP) is 9.78. The van der Waals surface area contributed by atoms with E-state index in [0.29, 0.717) is 0 Å². The molecule has 0 saturated heterocycles. The van der Waals surface area contributed by atoms with Gasteiger partial charge in [0, 0.05) is 39.4 Å². The average Bonchev–Trinajstić information content (AvgIpc) is 3.52. The van der Waals surface area contributed by atoms with Crippen LogP contribution in [0.5, 0.6) is 0 Å². The number of fused-ring (bicyclic) bond motifs is 7. The van der Waals surface area contributed by atoms with Gasteiger partial charge in [0.2, 0.25) is 0 Å². The first-order valence-electron chi connectivity index (χ1n) is 13.8. The SMILES string of the molecule is CC12C(N(c3ccccc3)c3ccccc3)=Cc3c(oc4ccccc34)C1N(c1ccccc1)c1ccccc12. The first-order valence-corrected chi connectivity index (χ1v) is 13.8. The van der Waals surface area contributed by atoms with E-state index in [1.165, 1.54) is 16.9 Å². The van der Waals surface area contributed by atoms with E-state index in [0.717, 1.165) is 39.4 Å². The molecule has 1 aromatic heterocycles. The first kappa shape index (κ1) is 22.9. The molecule has 3 heteroatoms. The number of benzene rings is 5. The second kappa shape index (κ2) is 8.75. The van der Waals surface area contributed by atoms with Gasteiger partial charge in [-0.2, -0.15) is 0 Å². The third kappa shape index (κ3) is 3.18. The predicted molar refractivity (Wildman–Crippen MR) is 164 cm³/mol. The summed E-state index contributed by atoms with van der Waals surface area (Å²) >= 11 is 0. The highest BCUT2D eigenvalue weighted by atomic mass is 16.3. The van der Waals surface area contributed by atoms with Gasteiger partial charge in [-0.25, -0.2) is 0 Å². The molecular weight excluding hydrogens is 488 g/mol. The van der Waals surface area contributed by atoms with Crippen LogP contribution in [0.15, 0.2) is 150 Å². The fourth-order valence-corrected chi connectivity index (χ4v) is 6.80. The molecule has 2 aliphatic rings. The zero-order chi connectivity index (χ0) is 26.7. The number of anilines is 4. The van der Waals surface area contributed by atoms with Gasteiger partial charge in [-0.05, 0) is 67.1 Å². The molecule has 3 nitrogen and oxygen atoms in total. The monoisotopic (exact) mass is 516 g/mol. The van der Waals surface area contributed by atoms with E-state index in [4.69, 9.17) is 4.42 Å². The number of rotatable bonds is 4. The van der Waals surface area contributed by atoms with E-state index < -0.39 is 5.41 Å². The molecule has 40 heavy (non-hydrogen) atoms. The van der Waals surface area contributed by atoms with Crippen molar-refractivity contribution in [1.29, 1.82) is 0 Å². The molecule has 2 unspecified atom stereocenters. The van der Waals surface area contributed by atoms with Gasteiger partial charge in [0.1, 0.15) is 17.4 Å². The van der Waals surface area contributed by atoms with E-state index in [-0.39, 0.29) is 6.04 Å². The Kier molecular flexibility index (Phi) is 5.02. The minimum Gasteiger partial charge on any atom is -0.458 e. The van der Waals surface area contributed by atoms with Crippen LogP contribution in [-0.2, 0) is 5.41 Å². The highest BCUT2D eigenvalue weighted by Gasteiger charge is 2.57. The van der Waals surface area contributed by atoms with Crippen LogP contribution in [-0.4, -0.2) is 0 Å². The lowest BCUT2D eigenvalue weighted by Gasteiger charge is -2.44. The van der Waals surface area contributed by atoms with Crippen molar-refractivity contribution in [3.8, 4) is 0 Å². The van der Waals surface area contributed by atoms with E-state index in [9.17, 15) is 0 Å². The summed E-state index contributed by atoms with van der Waals surface area (Å²) in [5.41, 5.74) is 8.79. The van der Waals surface area contributed by atoms with Crippen LogP contribution < -0.4 is 9.80 Å². The molecule has 1 aliphatic heterocycles. The Hall–Kier alpha value is -5.02. The van der Waals surface area contributed by atoms with Crippen molar-refractivity contribution in [3.05, 3.63) is 162 Å². The van der Waals surface area contributed by atoms with Crippen LogP contribution in [0.2, 0.25) is 0 Å². The molecule has 2 atom stereocenters. The summed E-state index contributed by atoms with van der Waals surface area (Å²) in [4.78, 5) is 4.92. The molecule has 0 spiro atoms. The fourth-order valence-electron chi connectivity index (χ4n) is 6.80. The summed E-state index contributed by atoms with van der Waals surface area (Å²) < 4.78 is 6.79. The number of furan rings is 1. The second-order valence-electron chi connectivity index (χ2n) is 10.7. The summed E-state index contributed by atoms with van der Waals surface area (Å²) in [7, 11) is 0. The Morgan fingerprint density at radius 3 is 1.93 bits per heavy atom. The Morgan fingerprint density at radius 2 is 1.23 bits per heavy atom. The van der Waals surface area contributed by atoms with Gasteiger partial charge in [0.15, 0.2) is 0 Å². The topological polar surface area (TPSA) is 19.6 Å². The van der Waals surface area contributed by atoms with Crippen molar-refractivity contribution >= 4 is 39.8 Å². The fraction of sp³-hybridized carbons (Fsp3) is 0.0811. The van der Waals surface area contributed by atoms with Crippen molar-refractivity contribution in [2.45, 2.75) is 18.4 Å². The Balaban J connectivity index is 1.49. The van der Waals surface area contributed by atoms with Crippen molar-refractivity contribution < 1.29 is 4.42 Å². The number of nitrogens with zero attached hydrogens (tertiary/aromatic N) is 2. The lowest BCUT2D eigenvalue weighted by atomic mass is 9.70. The number of hydrogen-bond donors (Lipinski definition) is 0. The summed E-state index contributed by atoms with van der Waals surface area (Å²) in [5, 5.41) is 1.14. The van der Waals surface area contributed by atoms with Crippen LogP contribution >= 0.6 is 0 Å². The molecule has 0 N–H and O–H groups in total. The van der Waals surface area contributed by atoms with Crippen molar-refractivity contribution in [2.75, 3.05) is 9.80 Å². The molecule has 8 rings (SSSR count). The number of para-hydroxylation sites is 5.